The van der Waals surface area contributed by atoms with Crippen LogP contribution in [0.3, 0.4) is 0 Å². The molecule has 0 radical (unpaired) electrons. The standard InChI is InChI=1S/C26H22N6O/c1-15-5-8-22(16(2)29-15)32-24-20-12-17(19-11-18-9-10-30(3)25(18)28-13-19)6-7-21(20)27-14-23(24)31(4)26(32)33/h5-14H,1-4H3. The lowest BCUT2D eigenvalue weighted by Crippen LogP contribution is -2.21. The Kier molecular flexibility index (Phi) is 4.04. The lowest BCUT2D eigenvalue weighted by Gasteiger charge is -2.10. The summed E-state index contributed by atoms with van der Waals surface area (Å²) >= 11 is 0. The first kappa shape index (κ1) is 19.4. The van der Waals surface area contributed by atoms with Gasteiger partial charge in [0.15, 0.2) is 0 Å². The molecule has 0 fully saturated rings. The fraction of sp³-hybridized carbons (Fsp3) is 0.154. The third kappa shape index (κ3) is 2.82. The van der Waals surface area contributed by atoms with Gasteiger partial charge in [-0.3, -0.25) is 19.1 Å². The Labute approximate surface area is 189 Å². The first-order chi connectivity index (χ1) is 15.9. The Morgan fingerprint density at radius 2 is 1.73 bits per heavy atom. The van der Waals surface area contributed by atoms with Crippen molar-refractivity contribution in [2.45, 2.75) is 13.8 Å². The van der Waals surface area contributed by atoms with Crippen molar-refractivity contribution in [3.05, 3.63) is 82.9 Å². The van der Waals surface area contributed by atoms with E-state index in [4.69, 9.17) is 0 Å². The van der Waals surface area contributed by atoms with Gasteiger partial charge in [0.25, 0.3) is 0 Å². The maximum Gasteiger partial charge on any atom is 0.333 e. The smallest absolute Gasteiger partial charge is 0.333 e. The Morgan fingerprint density at radius 3 is 2.55 bits per heavy atom. The lowest BCUT2D eigenvalue weighted by molar-refractivity contribution is 0.839. The summed E-state index contributed by atoms with van der Waals surface area (Å²) in [4.78, 5) is 27.2. The fourth-order valence-electron chi connectivity index (χ4n) is 4.63. The third-order valence-corrected chi connectivity index (χ3v) is 6.36. The second kappa shape index (κ2) is 6.87. The molecular weight excluding hydrogens is 412 g/mol. The van der Waals surface area contributed by atoms with Crippen molar-refractivity contribution in [1.29, 1.82) is 0 Å². The van der Waals surface area contributed by atoms with Gasteiger partial charge in [0, 0.05) is 48.5 Å². The van der Waals surface area contributed by atoms with Crippen LogP contribution in [0.1, 0.15) is 11.4 Å². The molecule has 0 aliphatic heterocycles. The van der Waals surface area contributed by atoms with Gasteiger partial charge in [0.2, 0.25) is 0 Å². The molecule has 6 aromatic rings. The second-order valence-electron chi connectivity index (χ2n) is 8.52. The molecule has 7 heteroatoms. The molecule has 0 saturated carbocycles. The molecule has 0 N–H and O–H groups in total. The van der Waals surface area contributed by atoms with Gasteiger partial charge in [-0.05, 0) is 55.8 Å². The molecule has 5 aromatic heterocycles. The predicted molar refractivity (Wildman–Crippen MR) is 131 cm³/mol. The van der Waals surface area contributed by atoms with E-state index in [0.717, 1.165) is 61.2 Å². The number of fused-ring (bicyclic) bond motifs is 4. The van der Waals surface area contributed by atoms with Crippen LogP contribution < -0.4 is 5.69 Å². The van der Waals surface area contributed by atoms with E-state index in [-0.39, 0.29) is 5.69 Å². The minimum atomic E-state index is -0.120. The molecule has 1 aromatic carbocycles. The number of rotatable bonds is 2. The summed E-state index contributed by atoms with van der Waals surface area (Å²) in [7, 11) is 3.77. The largest absolute Gasteiger partial charge is 0.336 e. The van der Waals surface area contributed by atoms with E-state index in [2.05, 4.69) is 39.2 Å². The summed E-state index contributed by atoms with van der Waals surface area (Å²) < 4.78 is 5.41. The molecule has 0 aliphatic carbocycles. The maximum atomic E-state index is 13.3. The maximum absolute atomic E-state index is 13.3. The minimum absolute atomic E-state index is 0.120. The fourth-order valence-corrected chi connectivity index (χ4v) is 4.63. The van der Waals surface area contributed by atoms with Crippen molar-refractivity contribution >= 4 is 33.0 Å². The van der Waals surface area contributed by atoms with Crippen molar-refractivity contribution in [2.75, 3.05) is 0 Å². The van der Waals surface area contributed by atoms with Gasteiger partial charge in [0.05, 0.1) is 34.1 Å². The Balaban J connectivity index is 1.67. The molecule has 33 heavy (non-hydrogen) atoms. The van der Waals surface area contributed by atoms with Crippen LogP contribution in [0.2, 0.25) is 0 Å². The van der Waals surface area contributed by atoms with Crippen molar-refractivity contribution < 1.29 is 0 Å². The first-order valence-corrected chi connectivity index (χ1v) is 10.8. The van der Waals surface area contributed by atoms with Crippen LogP contribution >= 0.6 is 0 Å². The van der Waals surface area contributed by atoms with Crippen molar-refractivity contribution in [1.82, 2.24) is 28.7 Å². The Bertz CT molecular complexity index is 1790. The van der Waals surface area contributed by atoms with Crippen LogP contribution in [0, 0.1) is 13.8 Å². The van der Waals surface area contributed by atoms with Gasteiger partial charge in [-0.2, -0.15) is 0 Å². The molecule has 6 rings (SSSR count). The molecular formula is C26H22N6O. The summed E-state index contributed by atoms with van der Waals surface area (Å²) in [5, 5.41) is 2.00. The molecule has 0 bridgehead atoms. The molecule has 0 spiro atoms. The zero-order valence-electron chi connectivity index (χ0n) is 18.9. The van der Waals surface area contributed by atoms with Gasteiger partial charge in [-0.1, -0.05) is 6.07 Å². The number of nitrogens with zero attached hydrogens (tertiary/aromatic N) is 6. The number of aryl methyl sites for hydroxylation is 4. The minimum Gasteiger partial charge on any atom is -0.336 e. The number of imidazole rings is 1. The van der Waals surface area contributed by atoms with Crippen molar-refractivity contribution in [3.8, 4) is 16.8 Å². The molecule has 5 heterocycles. The highest BCUT2D eigenvalue weighted by Crippen LogP contribution is 2.31. The second-order valence-corrected chi connectivity index (χ2v) is 8.52. The first-order valence-electron chi connectivity index (χ1n) is 10.8. The molecule has 0 amide bonds. The van der Waals surface area contributed by atoms with Gasteiger partial charge in [-0.25, -0.2) is 9.78 Å². The predicted octanol–water partition coefficient (Wildman–Crippen LogP) is 4.44. The SMILES string of the molecule is Cc1ccc(-n2c(=O)n(C)c3cnc4ccc(-c5cnc6c(ccn6C)c5)cc4c32)c(C)n1. The molecule has 7 nitrogen and oxygen atoms in total. The lowest BCUT2D eigenvalue weighted by atomic mass is 10.0. The summed E-state index contributed by atoms with van der Waals surface area (Å²) in [5.41, 5.74) is 7.82. The van der Waals surface area contributed by atoms with Gasteiger partial charge in [-0.15, -0.1) is 0 Å². The van der Waals surface area contributed by atoms with E-state index in [1.807, 2.05) is 56.1 Å². The van der Waals surface area contributed by atoms with Crippen LogP contribution in [-0.4, -0.2) is 28.7 Å². The number of benzene rings is 1. The van der Waals surface area contributed by atoms with E-state index in [0.29, 0.717) is 0 Å². The Morgan fingerprint density at radius 1 is 0.879 bits per heavy atom. The van der Waals surface area contributed by atoms with E-state index in [1.165, 1.54) is 0 Å². The summed E-state index contributed by atoms with van der Waals surface area (Å²) in [5.74, 6) is 0. The number of hydrogen-bond acceptors (Lipinski definition) is 4. The summed E-state index contributed by atoms with van der Waals surface area (Å²) in [6.07, 6.45) is 5.67. The van der Waals surface area contributed by atoms with Crippen molar-refractivity contribution in [2.24, 2.45) is 14.1 Å². The van der Waals surface area contributed by atoms with Crippen LogP contribution in [0.4, 0.5) is 0 Å². The monoisotopic (exact) mass is 434 g/mol. The highest BCUT2D eigenvalue weighted by atomic mass is 16.1. The third-order valence-electron chi connectivity index (χ3n) is 6.36. The van der Waals surface area contributed by atoms with E-state index in [9.17, 15) is 4.79 Å². The average Bonchev–Trinajstić information content (AvgIpc) is 3.31. The topological polar surface area (TPSA) is 70.5 Å². The van der Waals surface area contributed by atoms with Gasteiger partial charge < -0.3 is 4.57 Å². The zero-order valence-corrected chi connectivity index (χ0v) is 18.9. The summed E-state index contributed by atoms with van der Waals surface area (Å²) in [6, 6.07) is 14.3. The Hall–Kier alpha value is -4.26. The quantitative estimate of drug-likeness (QED) is 0.404. The number of aromatic nitrogens is 6. The van der Waals surface area contributed by atoms with E-state index < -0.39 is 0 Å². The van der Waals surface area contributed by atoms with Crippen LogP contribution in [0.25, 0.3) is 49.8 Å². The number of hydrogen-bond donors (Lipinski definition) is 0. The highest BCUT2D eigenvalue weighted by molar-refractivity contribution is 6.04. The molecule has 162 valence electrons. The molecule has 0 atom stereocenters. The highest BCUT2D eigenvalue weighted by Gasteiger charge is 2.18. The van der Waals surface area contributed by atoms with E-state index in [1.54, 1.807) is 22.4 Å². The molecule has 0 saturated heterocycles. The molecule has 0 unspecified atom stereocenters. The summed E-state index contributed by atoms with van der Waals surface area (Å²) in [6.45, 7) is 3.88. The molecule has 0 aliphatic rings. The van der Waals surface area contributed by atoms with Gasteiger partial charge in [0.1, 0.15) is 5.65 Å². The van der Waals surface area contributed by atoms with Crippen LogP contribution in [0.15, 0.2) is 65.8 Å². The normalized spacial score (nSPS) is 11.8. The van der Waals surface area contributed by atoms with Gasteiger partial charge >= 0.3 is 5.69 Å². The zero-order chi connectivity index (χ0) is 22.9. The number of pyridine rings is 3. The van der Waals surface area contributed by atoms with Crippen molar-refractivity contribution in [3.63, 3.8) is 0 Å². The van der Waals surface area contributed by atoms with Crippen LogP contribution in [-0.2, 0) is 14.1 Å². The average molecular weight is 435 g/mol. The van der Waals surface area contributed by atoms with E-state index >= 15 is 0 Å². The van der Waals surface area contributed by atoms with Crippen LogP contribution in [0.5, 0.6) is 0 Å².